The summed E-state index contributed by atoms with van der Waals surface area (Å²) in [6.07, 6.45) is 0.884. The van der Waals surface area contributed by atoms with Crippen LogP contribution in [0.15, 0.2) is 30.3 Å². The number of benzene rings is 1. The number of ketones is 1. The van der Waals surface area contributed by atoms with Crippen LogP contribution in [0.3, 0.4) is 0 Å². The molecule has 1 saturated carbocycles. The Bertz CT molecular complexity index is 618. The molecule has 1 aliphatic carbocycles. The summed E-state index contributed by atoms with van der Waals surface area (Å²) in [6.45, 7) is 10.1. The van der Waals surface area contributed by atoms with Crippen molar-refractivity contribution in [2.75, 3.05) is 7.11 Å². The number of methoxy groups -OCH3 is 1. The van der Waals surface area contributed by atoms with Gasteiger partial charge in [-0.25, -0.2) is 0 Å². The highest BCUT2D eigenvalue weighted by Crippen LogP contribution is 2.49. The van der Waals surface area contributed by atoms with Crippen molar-refractivity contribution in [2.24, 2.45) is 17.3 Å². The molecule has 0 spiro atoms. The second kappa shape index (κ2) is 7.42. The van der Waals surface area contributed by atoms with Crippen LogP contribution in [-0.4, -0.2) is 27.2 Å². The molecule has 0 N–H and O–H groups in total. The van der Waals surface area contributed by atoms with Gasteiger partial charge < -0.3 is 9.16 Å². The van der Waals surface area contributed by atoms with E-state index >= 15 is 0 Å². The first-order valence-electron chi connectivity index (χ1n) is 8.92. The molecular weight excluding hydrogens is 332 g/mol. The van der Waals surface area contributed by atoms with E-state index in [4.69, 9.17) is 9.16 Å². The lowest BCUT2D eigenvalue weighted by atomic mass is 9.70. The van der Waals surface area contributed by atoms with Crippen LogP contribution in [0, 0.1) is 17.3 Å². The molecule has 1 aromatic carbocycles. The van der Waals surface area contributed by atoms with E-state index in [-0.39, 0.29) is 29.7 Å². The summed E-state index contributed by atoms with van der Waals surface area (Å²) in [5.41, 5.74) is 0.289. The molecule has 2 rings (SSSR count). The van der Waals surface area contributed by atoms with Crippen molar-refractivity contribution in [3.8, 4) is 0 Å². The summed E-state index contributed by atoms with van der Waals surface area (Å²) in [5, 5.41) is 0. The number of hydrogen-bond acceptors (Lipinski definition) is 4. The van der Waals surface area contributed by atoms with Crippen LogP contribution in [0.5, 0.6) is 0 Å². The zero-order valence-electron chi connectivity index (χ0n) is 16.2. The molecule has 0 radical (unpaired) electrons. The van der Waals surface area contributed by atoms with E-state index in [1.807, 2.05) is 44.2 Å². The fourth-order valence-electron chi connectivity index (χ4n) is 3.84. The number of esters is 1. The zero-order valence-corrected chi connectivity index (χ0v) is 17.2. The van der Waals surface area contributed by atoms with Crippen molar-refractivity contribution >= 4 is 20.1 Å². The van der Waals surface area contributed by atoms with Gasteiger partial charge in [0.15, 0.2) is 8.32 Å². The third kappa shape index (κ3) is 4.39. The Hall–Kier alpha value is -1.46. The average Bonchev–Trinajstić information content (AvgIpc) is 2.94. The molecule has 0 unspecified atom stereocenters. The van der Waals surface area contributed by atoms with Crippen LogP contribution in [0.4, 0.5) is 0 Å². The van der Waals surface area contributed by atoms with Crippen molar-refractivity contribution in [3.63, 3.8) is 0 Å². The molecule has 5 heteroatoms. The monoisotopic (exact) mass is 362 g/mol. The predicted molar refractivity (Wildman–Crippen MR) is 101 cm³/mol. The molecule has 1 fully saturated rings. The van der Waals surface area contributed by atoms with Gasteiger partial charge in [0.2, 0.25) is 0 Å². The summed E-state index contributed by atoms with van der Waals surface area (Å²) in [6, 6.07) is 9.92. The van der Waals surface area contributed by atoms with Crippen LogP contribution in [0.25, 0.3) is 0 Å². The van der Waals surface area contributed by atoms with Crippen molar-refractivity contribution < 1.29 is 18.8 Å². The van der Waals surface area contributed by atoms with Gasteiger partial charge in [-0.05, 0) is 51.4 Å². The Morgan fingerprint density at radius 3 is 2.32 bits per heavy atom. The molecule has 1 aromatic rings. The number of Topliss-reactive ketones (excluding diaryl/α,β-unsaturated/α-hetero) is 1. The summed E-state index contributed by atoms with van der Waals surface area (Å²) in [7, 11) is -0.487. The van der Waals surface area contributed by atoms with Crippen molar-refractivity contribution in [1.82, 2.24) is 0 Å². The van der Waals surface area contributed by atoms with Crippen LogP contribution in [-0.2, 0) is 18.8 Å². The standard InChI is InChI=1S/C20H30O4Si/c1-20(2,19(22)23-3)15-12-13-16(21)17(15)18(24-25(4,5)6)14-10-8-7-9-11-14/h7-11,15,17-18H,12-13H2,1-6H3/t15-,17+,18+/m0/s1. The minimum Gasteiger partial charge on any atom is -0.469 e. The van der Waals surface area contributed by atoms with E-state index < -0.39 is 13.7 Å². The van der Waals surface area contributed by atoms with Crippen LogP contribution >= 0.6 is 0 Å². The minimum atomic E-state index is -1.89. The van der Waals surface area contributed by atoms with Crippen molar-refractivity contribution in [2.45, 2.75) is 52.4 Å². The molecule has 138 valence electrons. The number of rotatable bonds is 6. The highest BCUT2D eigenvalue weighted by atomic mass is 28.4. The van der Waals surface area contributed by atoms with Crippen molar-refractivity contribution in [3.05, 3.63) is 35.9 Å². The molecule has 3 atom stereocenters. The van der Waals surface area contributed by atoms with Crippen LogP contribution in [0.1, 0.15) is 38.4 Å². The van der Waals surface area contributed by atoms with Gasteiger partial charge in [-0.2, -0.15) is 0 Å². The number of carbonyl (C=O) groups is 2. The maximum atomic E-state index is 12.8. The Labute approximate surface area is 152 Å². The summed E-state index contributed by atoms with van der Waals surface area (Å²) in [4.78, 5) is 25.2. The second-order valence-electron chi connectivity index (χ2n) is 8.41. The van der Waals surface area contributed by atoms with Gasteiger partial charge in [-0.1, -0.05) is 30.3 Å². The highest BCUT2D eigenvalue weighted by Gasteiger charge is 2.51. The summed E-state index contributed by atoms with van der Waals surface area (Å²) < 4.78 is 11.5. The minimum absolute atomic E-state index is 0.0889. The Kier molecular flexibility index (Phi) is 5.89. The molecule has 4 nitrogen and oxygen atoms in total. The second-order valence-corrected chi connectivity index (χ2v) is 12.9. The van der Waals surface area contributed by atoms with E-state index in [1.165, 1.54) is 7.11 Å². The smallest absolute Gasteiger partial charge is 0.311 e. The summed E-state index contributed by atoms with van der Waals surface area (Å²) >= 11 is 0. The number of hydrogen-bond donors (Lipinski definition) is 0. The molecule has 1 aliphatic rings. The number of carbonyl (C=O) groups excluding carboxylic acids is 2. The highest BCUT2D eigenvalue weighted by molar-refractivity contribution is 6.69. The van der Waals surface area contributed by atoms with E-state index in [2.05, 4.69) is 19.6 Å². The first kappa shape index (κ1) is 19.9. The van der Waals surface area contributed by atoms with Crippen LogP contribution < -0.4 is 0 Å². The lowest BCUT2D eigenvalue weighted by molar-refractivity contribution is -0.156. The Morgan fingerprint density at radius 1 is 1.20 bits per heavy atom. The SMILES string of the molecule is COC(=O)C(C)(C)[C@H]1CCC(=O)[C@@H]1[C@H](O[Si](C)(C)C)c1ccccc1. The van der Waals surface area contributed by atoms with Crippen molar-refractivity contribution in [1.29, 1.82) is 0 Å². The first-order chi connectivity index (χ1) is 11.6. The van der Waals surface area contributed by atoms with Gasteiger partial charge in [0, 0.05) is 6.42 Å². The lowest BCUT2D eigenvalue weighted by Crippen LogP contribution is -2.42. The van der Waals surface area contributed by atoms with Gasteiger partial charge in [0.1, 0.15) is 5.78 Å². The Balaban J connectivity index is 2.46. The van der Waals surface area contributed by atoms with Gasteiger partial charge in [0.25, 0.3) is 0 Å². The van der Waals surface area contributed by atoms with E-state index in [0.29, 0.717) is 12.8 Å². The van der Waals surface area contributed by atoms with E-state index in [9.17, 15) is 9.59 Å². The fourth-order valence-corrected chi connectivity index (χ4v) is 4.89. The zero-order chi connectivity index (χ0) is 18.8. The molecular formula is C20H30O4Si. The molecule has 0 aromatic heterocycles. The maximum Gasteiger partial charge on any atom is 0.311 e. The lowest BCUT2D eigenvalue weighted by Gasteiger charge is -2.38. The number of ether oxygens (including phenoxy) is 1. The van der Waals surface area contributed by atoms with Crippen LogP contribution in [0.2, 0.25) is 19.6 Å². The maximum absolute atomic E-state index is 12.8. The van der Waals surface area contributed by atoms with Gasteiger partial charge in [0.05, 0.1) is 24.5 Å². The van der Waals surface area contributed by atoms with E-state index in [1.54, 1.807) is 0 Å². The van der Waals surface area contributed by atoms with E-state index in [0.717, 1.165) is 5.56 Å². The molecule has 0 heterocycles. The molecule has 0 amide bonds. The normalized spacial score (nSPS) is 22.7. The predicted octanol–water partition coefficient (Wildman–Crippen LogP) is 4.37. The van der Waals surface area contributed by atoms with Gasteiger partial charge in [-0.3, -0.25) is 9.59 Å². The molecule has 25 heavy (non-hydrogen) atoms. The Morgan fingerprint density at radius 2 is 1.80 bits per heavy atom. The fraction of sp³-hybridized carbons (Fsp3) is 0.600. The largest absolute Gasteiger partial charge is 0.469 e. The first-order valence-corrected chi connectivity index (χ1v) is 12.3. The summed E-state index contributed by atoms with van der Waals surface area (Å²) in [5.74, 6) is -0.483. The molecule has 0 aliphatic heterocycles. The molecule has 0 saturated heterocycles. The third-order valence-electron chi connectivity index (χ3n) is 5.08. The van der Waals surface area contributed by atoms with Gasteiger partial charge >= 0.3 is 5.97 Å². The quantitative estimate of drug-likeness (QED) is 0.557. The topological polar surface area (TPSA) is 52.6 Å². The van der Waals surface area contributed by atoms with Gasteiger partial charge in [-0.15, -0.1) is 0 Å². The average molecular weight is 363 g/mol. The third-order valence-corrected chi connectivity index (χ3v) is 6.04. The molecule has 0 bridgehead atoms.